The lowest BCUT2D eigenvalue weighted by Crippen LogP contribution is -2.33. The zero-order chi connectivity index (χ0) is 15.3. The minimum absolute atomic E-state index is 0.0261. The van der Waals surface area contributed by atoms with E-state index in [1.807, 2.05) is 10.3 Å². The third-order valence-electron chi connectivity index (χ3n) is 3.83. The zero-order valence-corrected chi connectivity index (χ0v) is 13.8. The molecule has 0 unspecified atom stereocenters. The summed E-state index contributed by atoms with van der Waals surface area (Å²) in [6.45, 7) is 0. The first-order valence-corrected chi connectivity index (χ1v) is 9.12. The van der Waals surface area contributed by atoms with Crippen molar-refractivity contribution in [2.24, 2.45) is 0 Å². The van der Waals surface area contributed by atoms with Gasteiger partial charge in [-0.2, -0.15) is 11.3 Å². The van der Waals surface area contributed by atoms with Gasteiger partial charge in [0.1, 0.15) is 17.2 Å². The van der Waals surface area contributed by atoms with Crippen LogP contribution in [0, 0.1) is 5.82 Å². The molecule has 0 aliphatic carbocycles. The van der Waals surface area contributed by atoms with E-state index in [0.29, 0.717) is 10.8 Å². The first-order valence-electron chi connectivity index (χ1n) is 6.72. The second-order valence-electron chi connectivity index (χ2n) is 5.10. The number of rotatable bonds is 2. The normalized spacial score (nSPS) is 24.2. The van der Waals surface area contributed by atoms with Crippen LogP contribution in [0.2, 0.25) is 0 Å². The molecule has 3 nitrogen and oxygen atoms in total. The third-order valence-corrected chi connectivity index (χ3v) is 6.25. The maximum Gasteiger partial charge on any atom is 0.257 e. The Bertz CT molecular complexity index is 732. The van der Waals surface area contributed by atoms with Crippen LogP contribution in [0.15, 0.2) is 41.1 Å². The summed E-state index contributed by atoms with van der Waals surface area (Å²) in [6.07, 6.45) is 0. The number of thiocarbonyl (C=S) groups is 1. The SMILES string of the molecule is O=C1[C@@H]2CS[C@@H](c3ccsc3)N2C(=S)N1c1ccc(F)cc1. The summed E-state index contributed by atoms with van der Waals surface area (Å²) >= 11 is 8.92. The summed E-state index contributed by atoms with van der Waals surface area (Å²) in [5.74, 6) is 0.368. The van der Waals surface area contributed by atoms with E-state index < -0.39 is 0 Å². The molecule has 3 heterocycles. The quantitative estimate of drug-likeness (QED) is 0.772. The first-order chi connectivity index (χ1) is 10.7. The number of hydrogen-bond donors (Lipinski definition) is 0. The van der Waals surface area contributed by atoms with Gasteiger partial charge in [-0.1, -0.05) is 0 Å². The average Bonchev–Trinajstić information content (AvgIpc) is 3.21. The van der Waals surface area contributed by atoms with Gasteiger partial charge in [-0.25, -0.2) is 4.39 Å². The van der Waals surface area contributed by atoms with Crippen LogP contribution in [-0.4, -0.2) is 27.7 Å². The standard InChI is InChI=1S/C15H11FN2OS3/c16-10-1-3-11(4-2-10)17-13(19)12-8-22-14(18(12)15(17)20)9-5-6-21-7-9/h1-7,12,14H,8H2/t12-,14-/m0/s1. The van der Waals surface area contributed by atoms with E-state index in [4.69, 9.17) is 12.2 Å². The monoisotopic (exact) mass is 350 g/mol. The number of thioether (sulfide) groups is 1. The molecular formula is C15H11FN2OS3. The Morgan fingerprint density at radius 2 is 2.00 bits per heavy atom. The molecule has 0 N–H and O–H groups in total. The number of anilines is 1. The lowest BCUT2D eigenvalue weighted by atomic mass is 10.2. The van der Waals surface area contributed by atoms with Crippen molar-refractivity contribution in [3.8, 4) is 0 Å². The second kappa shape index (κ2) is 5.33. The number of halogens is 1. The van der Waals surface area contributed by atoms with Crippen LogP contribution < -0.4 is 4.90 Å². The van der Waals surface area contributed by atoms with E-state index in [9.17, 15) is 9.18 Å². The van der Waals surface area contributed by atoms with Crippen molar-refractivity contribution >= 4 is 52.0 Å². The van der Waals surface area contributed by atoms with Crippen LogP contribution in [0.5, 0.6) is 0 Å². The summed E-state index contributed by atoms with van der Waals surface area (Å²) in [5, 5.41) is 4.70. The molecule has 0 spiro atoms. The van der Waals surface area contributed by atoms with Gasteiger partial charge in [-0.15, -0.1) is 11.8 Å². The van der Waals surface area contributed by atoms with Gasteiger partial charge < -0.3 is 4.90 Å². The number of benzene rings is 1. The van der Waals surface area contributed by atoms with Crippen LogP contribution in [0.3, 0.4) is 0 Å². The van der Waals surface area contributed by atoms with Crippen LogP contribution in [0.4, 0.5) is 10.1 Å². The summed E-state index contributed by atoms with van der Waals surface area (Å²) in [4.78, 5) is 16.2. The molecule has 0 bridgehead atoms. The average molecular weight is 350 g/mol. The Hall–Kier alpha value is -1.44. The second-order valence-corrected chi connectivity index (χ2v) is 7.36. The summed E-state index contributed by atoms with van der Waals surface area (Å²) in [6, 6.07) is 7.72. The first kappa shape index (κ1) is 14.2. The molecule has 7 heteroatoms. The van der Waals surface area contributed by atoms with Gasteiger partial charge in [-0.3, -0.25) is 9.69 Å². The molecule has 2 saturated heterocycles. The van der Waals surface area contributed by atoms with E-state index in [1.54, 1.807) is 35.2 Å². The lowest BCUT2D eigenvalue weighted by Gasteiger charge is -2.24. The van der Waals surface area contributed by atoms with Crippen LogP contribution >= 0.6 is 35.3 Å². The van der Waals surface area contributed by atoms with Crippen molar-refractivity contribution in [2.45, 2.75) is 11.4 Å². The number of amides is 1. The van der Waals surface area contributed by atoms with Gasteiger partial charge in [0, 0.05) is 5.75 Å². The minimum atomic E-state index is -0.325. The van der Waals surface area contributed by atoms with Gasteiger partial charge in [0.05, 0.1) is 5.69 Å². The van der Waals surface area contributed by atoms with Crippen LogP contribution in [-0.2, 0) is 4.79 Å². The molecule has 2 aliphatic rings. The van der Waals surface area contributed by atoms with Gasteiger partial charge in [0.2, 0.25) is 0 Å². The number of hydrogen-bond acceptors (Lipinski definition) is 4. The maximum atomic E-state index is 13.1. The molecule has 2 aromatic rings. The molecular weight excluding hydrogens is 339 g/mol. The minimum Gasteiger partial charge on any atom is -0.319 e. The Kier molecular flexibility index (Phi) is 3.43. The van der Waals surface area contributed by atoms with Gasteiger partial charge in [0.15, 0.2) is 5.11 Å². The van der Waals surface area contributed by atoms with Gasteiger partial charge >= 0.3 is 0 Å². The topological polar surface area (TPSA) is 23.6 Å². The maximum absolute atomic E-state index is 13.1. The number of fused-ring (bicyclic) bond motifs is 1. The van der Waals surface area contributed by atoms with E-state index in [1.165, 1.54) is 22.6 Å². The van der Waals surface area contributed by atoms with E-state index in [0.717, 1.165) is 5.75 Å². The van der Waals surface area contributed by atoms with Crippen LogP contribution in [0.1, 0.15) is 10.9 Å². The summed E-state index contributed by atoms with van der Waals surface area (Å²) in [7, 11) is 0. The molecule has 0 radical (unpaired) electrons. The smallest absolute Gasteiger partial charge is 0.257 e. The summed E-state index contributed by atoms with van der Waals surface area (Å²) < 4.78 is 13.1. The summed E-state index contributed by atoms with van der Waals surface area (Å²) in [5.41, 5.74) is 1.80. The van der Waals surface area contributed by atoms with Gasteiger partial charge in [-0.05, 0) is 58.9 Å². The molecule has 1 amide bonds. The number of carbonyl (C=O) groups is 1. The van der Waals surface area contributed by atoms with E-state index in [2.05, 4.69) is 11.4 Å². The molecule has 1 aromatic heterocycles. The zero-order valence-electron chi connectivity index (χ0n) is 11.3. The van der Waals surface area contributed by atoms with E-state index in [-0.39, 0.29) is 23.1 Å². The number of nitrogens with zero attached hydrogens (tertiary/aromatic N) is 2. The Labute approximate surface area is 140 Å². The molecule has 112 valence electrons. The fraction of sp³-hybridized carbons (Fsp3) is 0.200. The lowest BCUT2D eigenvalue weighted by molar-refractivity contribution is -0.119. The highest BCUT2D eigenvalue weighted by Crippen LogP contribution is 2.46. The van der Waals surface area contributed by atoms with Gasteiger partial charge in [0.25, 0.3) is 5.91 Å². The van der Waals surface area contributed by atoms with Crippen molar-refractivity contribution in [1.29, 1.82) is 0 Å². The van der Waals surface area contributed by atoms with Crippen molar-refractivity contribution < 1.29 is 9.18 Å². The van der Waals surface area contributed by atoms with Crippen molar-refractivity contribution in [3.63, 3.8) is 0 Å². The Morgan fingerprint density at radius 3 is 2.68 bits per heavy atom. The number of thiophene rings is 1. The fourth-order valence-corrected chi connectivity index (χ4v) is 5.46. The Balaban J connectivity index is 1.69. The predicted octanol–water partition coefficient (Wildman–Crippen LogP) is 3.63. The van der Waals surface area contributed by atoms with Crippen molar-refractivity contribution in [1.82, 2.24) is 4.90 Å². The molecule has 4 rings (SSSR count). The number of carbonyl (C=O) groups excluding carboxylic acids is 1. The third kappa shape index (κ3) is 2.07. The molecule has 1 aromatic carbocycles. The fourth-order valence-electron chi connectivity index (χ4n) is 2.79. The van der Waals surface area contributed by atoms with Crippen molar-refractivity contribution in [3.05, 3.63) is 52.5 Å². The van der Waals surface area contributed by atoms with Crippen LogP contribution in [0.25, 0.3) is 0 Å². The molecule has 2 atom stereocenters. The highest BCUT2D eigenvalue weighted by atomic mass is 32.2. The molecule has 22 heavy (non-hydrogen) atoms. The Morgan fingerprint density at radius 1 is 1.23 bits per heavy atom. The predicted molar refractivity (Wildman–Crippen MR) is 91.6 cm³/mol. The molecule has 0 saturated carbocycles. The molecule has 2 fully saturated rings. The van der Waals surface area contributed by atoms with E-state index >= 15 is 0 Å². The largest absolute Gasteiger partial charge is 0.319 e. The molecule has 2 aliphatic heterocycles. The van der Waals surface area contributed by atoms with Crippen molar-refractivity contribution in [2.75, 3.05) is 10.7 Å². The highest BCUT2D eigenvalue weighted by Gasteiger charge is 2.50. The highest BCUT2D eigenvalue weighted by molar-refractivity contribution is 7.99.